The molecule has 0 saturated carbocycles. The number of fused-ring (bicyclic) bond motifs is 2. The fourth-order valence-electron chi connectivity index (χ4n) is 4.87. The van der Waals surface area contributed by atoms with Crippen molar-refractivity contribution in [2.75, 3.05) is 18.0 Å². The molecule has 2 aliphatic heterocycles. The summed E-state index contributed by atoms with van der Waals surface area (Å²) in [6.07, 6.45) is 5.54. The van der Waals surface area contributed by atoms with Crippen molar-refractivity contribution >= 4 is 45.4 Å². The molecule has 2 N–H and O–H groups in total. The number of anilines is 1. The third-order valence-electron chi connectivity index (χ3n) is 6.47. The number of aromatic amines is 2. The molecule has 2 fully saturated rings. The molecule has 9 heteroatoms. The third kappa shape index (κ3) is 3.15. The SMILES string of the molecule is CCCN=C1C(c2ccc3[nH]ccc3c2)N(c2ccc3nc[nH]c3c2)C(=O)N1N1CCCC1=O. The van der Waals surface area contributed by atoms with Crippen molar-refractivity contribution in [3.8, 4) is 0 Å². The topological polar surface area (TPSA) is 101 Å². The van der Waals surface area contributed by atoms with Gasteiger partial charge in [-0.25, -0.2) is 14.8 Å². The monoisotopic (exact) mass is 455 g/mol. The van der Waals surface area contributed by atoms with E-state index in [1.807, 2.05) is 42.6 Å². The molecule has 34 heavy (non-hydrogen) atoms. The van der Waals surface area contributed by atoms with Crippen molar-refractivity contribution in [1.29, 1.82) is 0 Å². The van der Waals surface area contributed by atoms with Gasteiger partial charge in [0.1, 0.15) is 6.04 Å². The normalized spacial score (nSPS) is 20.1. The number of urea groups is 1. The van der Waals surface area contributed by atoms with E-state index in [2.05, 4.69) is 27.9 Å². The Morgan fingerprint density at radius 3 is 2.82 bits per heavy atom. The van der Waals surface area contributed by atoms with Crippen molar-refractivity contribution in [1.82, 2.24) is 25.0 Å². The number of benzene rings is 2. The van der Waals surface area contributed by atoms with Gasteiger partial charge in [-0.3, -0.25) is 14.7 Å². The van der Waals surface area contributed by atoms with Crippen molar-refractivity contribution in [3.05, 3.63) is 60.6 Å². The van der Waals surface area contributed by atoms with Gasteiger partial charge in [0.05, 0.1) is 17.4 Å². The van der Waals surface area contributed by atoms with Crippen LogP contribution in [-0.4, -0.2) is 55.8 Å². The second kappa shape index (κ2) is 8.02. The predicted octanol–water partition coefficient (Wildman–Crippen LogP) is 4.37. The largest absolute Gasteiger partial charge is 0.361 e. The molecule has 172 valence electrons. The Bertz CT molecular complexity index is 1440. The molecule has 4 aromatic rings. The van der Waals surface area contributed by atoms with Crippen LogP contribution in [0.1, 0.15) is 37.8 Å². The zero-order valence-corrected chi connectivity index (χ0v) is 18.9. The first-order valence-electron chi connectivity index (χ1n) is 11.6. The number of rotatable bonds is 5. The number of amides is 3. The average molecular weight is 456 g/mol. The van der Waals surface area contributed by atoms with Gasteiger partial charge in [-0.05, 0) is 60.2 Å². The van der Waals surface area contributed by atoms with Crippen LogP contribution in [0.3, 0.4) is 0 Å². The molecular weight excluding hydrogens is 430 g/mol. The van der Waals surface area contributed by atoms with Crippen molar-refractivity contribution in [2.24, 2.45) is 4.99 Å². The molecule has 2 aromatic carbocycles. The van der Waals surface area contributed by atoms with Crippen LogP contribution < -0.4 is 4.90 Å². The zero-order valence-electron chi connectivity index (χ0n) is 18.9. The zero-order chi connectivity index (χ0) is 23.2. The van der Waals surface area contributed by atoms with E-state index in [1.165, 1.54) is 5.01 Å². The lowest BCUT2D eigenvalue weighted by atomic mass is 10.0. The number of aliphatic imine (C=N–C) groups is 1. The third-order valence-corrected chi connectivity index (χ3v) is 6.47. The first-order valence-corrected chi connectivity index (χ1v) is 11.6. The number of aromatic nitrogens is 3. The average Bonchev–Trinajstić information content (AvgIpc) is 3.63. The Hall–Kier alpha value is -4.14. The van der Waals surface area contributed by atoms with Gasteiger partial charge in [-0.2, -0.15) is 5.01 Å². The summed E-state index contributed by atoms with van der Waals surface area (Å²) < 4.78 is 0. The molecule has 2 saturated heterocycles. The molecule has 6 rings (SSSR count). The van der Waals surface area contributed by atoms with Gasteiger partial charge in [-0.15, -0.1) is 0 Å². The summed E-state index contributed by atoms with van der Waals surface area (Å²) in [7, 11) is 0. The Balaban J connectivity index is 1.55. The molecule has 0 bridgehead atoms. The van der Waals surface area contributed by atoms with Gasteiger partial charge < -0.3 is 9.97 Å². The van der Waals surface area contributed by atoms with E-state index in [9.17, 15) is 9.59 Å². The minimum absolute atomic E-state index is 0.0525. The van der Waals surface area contributed by atoms with Crippen LogP contribution in [0.5, 0.6) is 0 Å². The Morgan fingerprint density at radius 2 is 2.00 bits per heavy atom. The highest BCUT2D eigenvalue weighted by atomic mass is 16.2. The van der Waals surface area contributed by atoms with Crippen LogP contribution in [0.25, 0.3) is 21.9 Å². The number of hydrogen-bond donors (Lipinski definition) is 2. The van der Waals surface area contributed by atoms with E-state index < -0.39 is 6.04 Å². The van der Waals surface area contributed by atoms with Gasteiger partial charge in [0.25, 0.3) is 0 Å². The standard InChI is InChI=1S/C25H25N7O2/c1-2-10-27-24-23(17-5-7-19-16(13-17)9-11-26-19)31(18-6-8-20-21(14-18)29-15-28-20)25(34)32(24)30-12-3-4-22(30)33/h5-9,11,13-15,23,26H,2-4,10,12H2,1H3,(H,28,29). The fourth-order valence-corrected chi connectivity index (χ4v) is 4.87. The number of hydrogen-bond acceptors (Lipinski definition) is 4. The second-order valence-corrected chi connectivity index (χ2v) is 8.66. The van der Waals surface area contributed by atoms with Gasteiger partial charge in [0.2, 0.25) is 5.91 Å². The first kappa shape index (κ1) is 20.5. The fraction of sp³-hybridized carbons (Fsp3) is 0.280. The summed E-state index contributed by atoms with van der Waals surface area (Å²) in [6.45, 7) is 3.13. The molecule has 1 unspecified atom stereocenters. The summed E-state index contributed by atoms with van der Waals surface area (Å²) in [5, 5.41) is 4.13. The molecule has 1 atom stereocenters. The minimum atomic E-state index is -0.466. The van der Waals surface area contributed by atoms with Crippen LogP contribution >= 0.6 is 0 Å². The summed E-state index contributed by atoms with van der Waals surface area (Å²) >= 11 is 0. The van der Waals surface area contributed by atoms with E-state index in [-0.39, 0.29) is 11.9 Å². The number of nitrogens with one attached hydrogen (secondary N) is 2. The molecule has 0 radical (unpaired) electrons. The second-order valence-electron chi connectivity index (χ2n) is 8.66. The van der Waals surface area contributed by atoms with Gasteiger partial charge in [0.15, 0.2) is 5.84 Å². The summed E-state index contributed by atoms with van der Waals surface area (Å²) in [5.41, 5.74) is 4.35. The molecule has 2 aromatic heterocycles. The summed E-state index contributed by atoms with van der Waals surface area (Å²) in [6, 6.07) is 13.1. The quantitative estimate of drug-likeness (QED) is 0.467. The smallest absolute Gasteiger partial charge is 0.350 e. The number of imidazole rings is 1. The lowest BCUT2D eigenvalue weighted by Gasteiger charge is -2.27. The highest BCUT2D eigenvalue weighted by molar-refractivity contribution is 6.17. The highest BCUT2D eigenvalue weighted by Gasteiger charge is 2.49. The number of hydrazine groups is 1. The van der Waals surface area contributed by atoms with Gasteiger partial charge >= 0.3 is 6.03 Å². The summed E-state index contributed by atoms with van der Waals surface area (Å²) in [4.78, 5) is 44.0. The van der Waals surface area contributed by atoms with Crippen molar-refractivity contribution in [3.63, 3.8) is 0 Å². The van der Waals surface area contributed by atoms with E-state index >= 15 is 0 Å². The number of carbonyl (C=O) groups is 2. The van der Waals surface area contributed by atoms with Gasteiger partial charge in [-0.1, -0.05) is 13.0 Å². The molecule has 2 aliphatic rings. The van der Waals surface area contributed by atoms with Crippen molar-refractivity contribution < 1.29 is 9.59 Å². The van der Waals surface area contributed by atoms with E-state index in [4.69, 9.17) is 4.99 Å². The number of nitrogens with zero attached hydrogens (tertiary/aromatic N) is 5. The van der Waals surface area contributed by atoms with Crippen molar-refractivity contribution in [2.45, 2.75) is 32.2 Å². The van der Waals surface area contributed by atoms with Crippen LogP contribution in [0, 0.1) is 0 Å². The molecule has 9 nitrogen and oxygen atoms in total. The molecular formula is C25H25N7O2. The van der Waals surface area contributed by atoms with E-state index in [0.717, 1.165) is 46.0 Å². The summed E-state index contributed by atoms with van der Waals surface area (Å²) in [5.74, 6) is 0.532. The maximum atomic E-state index is 14.0. The minimum Gasteiger partial charge on any atom is -0.361 e. The van der Waals surface area contributed by atoms with Gasteiger partial charge in [0, 0.05) is 36.9 Å². The maximum Gasteiger partial charge on any atom is 0.350 e. The van der Waals surface area contributed by atoms with Crippen LogP contribution in [0.2, 0.25) is 0 Å². The molecule has 0 aliphatic carbocycles. The van der Waals surface area contributed by atoms with Crippen LogP contribution in [0.15, 0.2) is 60.0 Å². The molecule has 4 heterocycles. The lowest BCUT2D eigenvalue weighted by molar-refractivity contribution is -0.134. The van der Waals surface area contributed by atoms with Crippen LogP contribution in [0.4, 0.5) is 10.5 Å². The Kier molecular flexibility index (Phi) is 4.83. The van der Waals surface area contributed by atoms with Crippen LogP contribution in [-0.2, 0) is 4.79 Å². The van der Waals surface area contributed by atoms with E-state index in [0.29, 0.717) is 25.3 Å². The lowest BCUT2D eigenvalue weighted by Crippen LogP contribution is -2.48. The predicted molar refractivity (Wildman–Crippen MR) is 130 cm³/mol. The maximum absolute atomic E-state index is 14.0. The number of amidine groups is 1. The number of H-pyrrole nitrogens is 2. The first-order chi connectivity index (χ1) is 16.7. The molecule has 3 amide bonds. The van der Waals surface area contributed by atoms with E-state index in [1.54, 1.807) is 16.2 Å². The number of carbonyl (C=O) groups excluding carboxylic acids is 2. The highest BCUT2D eigenvalue weighted by Crippen LogP contribution is 2.39. The Morgan fingerprint density at radius 1 is 1.09 bits per heavy atom. The Labute approximate surface area is 196 Å². The molecule has 0 spiro atoms.